The Morgan fingerprint density at radius 2 is 1.79 bits per heavy atom. The van der Waals surface area contributed by atoms with Crippen molar-refractivity contribution in [3.8, 4) is 34.2 Å². The Kier molecular flexibility index (Phi) is 17.3. The number of hydrogen-bond donors (Lipinski definition) is 3. The molecule has 4 amide bonds. The molecule has 76 heavy (non-hydrogen) atoms. The molecule has 2 aromatic carbocycles. The normalized spacial score (nSPS) is 24.3. The summed E-state index contributed by atoms with van der Waals surface area (Å²) in [5, 5.41) is 17.9. The number of methoxy groups -OCH3 is 1. The van der Waals surface area contributed by atoms with Crippen LogP contribution in [-0.4, -0.2) is 155 Å². The highest BCUT2D eigenvalue weighted by Crippen LogP contribution is 2.42. The number of amides is 4. The first kappa shape index (κ1) is 56.2. The van der Waals surface area contributed by atoms with Crippen molar-refractivity contribution in [2.45, 2.75) is 129 Å². The standard InChI is InChI=1S/C60H80N8O8/c1-11-67-50-24-23-45-31-47(50)48(54(67)46-21-15-27-61-52(46)41(4)75-10)32-58(5,6)37-76-38-59(36-69)26-16-28-68(63-59)56(72)49(30-42-17-14-20-44(45)29-42)62-55(71)53(43-18-12-13-19-43)65(9)57(73)60(74)35-66(34-40(60)3)51(70)25-22-39(2)33-64(7)8/h14-15,17,20-21,23-24,27,29,31,36,39-41,43,49,53,63,74H,11-13,16,18-19,26,28,30,32-35,37-38H2,1-10H3,(H,62,71)/t39?,40-,41-,49-,53-,59-,60?/m0/s1. The van der Waals surface area contributed by atoms with Gasteiger partial charge in [0.1, 0.15) is 23.9 Å². The van der Waals surface area contributed by atoms with Crippen molar-refractivity contribution in [3.05, 3.63) is 77.6 Å². The van der Waals surface area contributed by atoms with Crippen LogP contribution in [0.25, 0.3) is 33.3 Å². The number of aliphatic hydroxyl groups is 1. The Morgan fingerprint density at radius 1 is 1.04 bits per heavy atom. The SMILES string of the molecule is CCn1c(-c2cccnc2[C@H](C)OC)c2c3cc(ccc31)-c1cccc(c1)C[C@H](NC(=O)[C@H](C1CCCC1)N(C)C(=O)C1(O)CN(C(=O)C#CC(C)CN(C)C)C[C@@H]1C)C(=O)N1CCC[C@](C=O)(COCC(C)(C)C2)N1. The molecule has 4 aromatic rings. The van der Waals surface area contributed by atoms with Crippen molar-refractivity contribution in [2.24, 2.45) is 23.2 Å². The number of aryl methyl sites for hydroxylation is 1. The van der Waals surface area contributed by atoms with Crippen molar-refractivity contribution in [1.29, 1.82) is 0 Å². The van der Waals surface area contributed by atoms with Gasteiger partial charge in [0, 0.05) is 81.3 Å². The Morgan fingerprint density at radius 3 is 2.50 bits per heavy atom. The fourth-order valence-corrected chi connectivity index (χ4v) is 12.3. The van der Waals surface area contributed by atoms with Crippen LogP contribution in [0.1, 0.15) is 103 Å². The second-order valence-corrected chi connectivity index (χ2v) is 23.2. The highest BCUT2D eigenvalue weighted by atomic mass is 16.5. The van der Waals surface area contributed by atoms with Crippen LogP contribution in [-0.2, 0) is 52.8 Å². The molecule has 6 bridgehead atoms. The number of hydrazine groups is 1. The predicted octanol–water partition coefficient (Wildman–Crippen LogP) is 6.22. The number of aldehydes is 1. The zero-order valence-corrected chi connectivity index (χ0v) is 46.4. The van der Waals surface area contributed by atoms with Gasteiger partial charge >= 0.3 is 0 Å². The second-order valence-electron chi connectivity index (χ2n) is 23.2. The number of carbonyl (C=O) groups excluding carboxylic acids is 5. The first-order valence-corrected chi connectivity index (χ1v) is 27.3. The summed E-state index contributed by atoms with van der Waals surface area (Å²) < 4.78 is 14.8. The van der Waals surface area contributed by atoms with Gasteiger partial charge in [-0.25, -0.2) is 5.43 Å². The topological polar surface area (TPSA) is 179 Å². The minimum absolute atomic E-state index is 0.0117. The van der Waals surface area contributed by atoms with Gasteiger partial charge in [-0.1, -0.05) is 76.8 Å². The van der Waals surface area contributed by atoms with E-state index in [1.807, 2.05) is 51.0 Å². The lowest BCUT2D eigenvalue weighted by Gasteiger charge is -2.42. The molecule has 408 valence electrons. The van der Waals surface area contributed by atoms with E-state index in [1.165, 1.54) is 14.8 Å². The number of pyridine rings is 1. The minimum atomic E-state index is -1.98. The summed E-state index contributed by atoms with van der Waals surface area (Å²) in [6.45, 7) is 14.0. The van der Waals surface area contributed by atoms with Gasteiger partial charge in [-0.05, 0) is 124 Å². The van der Waals surface area contributed by atoms with Crippen LogP contribution in [0.4, 0.5) is 0 Å². The van der Waals surface area contributed by atoms with Crippen LogP contribution in [0, 0.1) is 35.0 Å². The third-order valence-electron chi connectivity index (χ3n) is 16.3. The molecule has 4 aliphatic rings. The van der Waals surface area contributed by atoms with E-state index in [-0.39, 0.29) is 50.6 Å². The van der Waals surface area contributed by atoms with Crippen molar-refractivity contribution in [2.75, 3.05) is 67.6 Å². The minimum Gasteiger partial charge on any atom is -0.378 e. The molecule has 2 aromatic heterocycles. The summed E-state index contributed by atoms with van der Waals surface area (Å²) in [6, 6.07) is 16.5. The summed E-state index contributed by atoms with van der Waals surface area (Å²) in [4.78, 5) is 81.3. The van der Waals surface area contributed by atoms with Gasteiger partial charge in [0.2, 0.25) is 5.91 Å². The van der Waals surface area contributed by atoms with E-state index in [1.54, 1.807) is 27.3 Å². The number of nitrogens with one attached hydrogen (secondary N) is 2. The number of hydrogen-bond acceptors (Lipinski definition) is 11. The van der Waals surface area contributed by atoms with E-state index in [0.29, 0.717) is 51.8 Å². The highest BCUT2D eigenvalue weighted by molar-refractivity contribution is 5.98. The zero-order chi connectivity index (χ0) is 54.7. The molecule has 0 spiro atoms. The number of nitrogens with zero attached hydrogens (tertiary/aromatic N) is 6. The van der Waals surface area contributed by atoms with Crippen LogP contribution in [0.5, 0.6) is 0 Å². The number of aromatic nitrogens is 2. The number of carbonyl (C=O) groups is 5. The molecular formula is C60H80N8O8. The van der Waals surface area contributed by atoms with Gasteiger partial charge in [0.15, 0.2) is 5.60 Å². The molecule has 2 saturated heterocycles. The molecule has 16 nitrogen and oxygen atoms in total. The van der Waals surface area contributed by atoms with E-state index in [2.05, 4.69) is 84.3 Å². The van der Waals surface area contributed by atoms with E-state index in [0.717, 1.165) is 69.2 Å². The predicted molar refractivity (Wildman–Crippen MR) is 293 cm³/mol. The van der Waals surface area contributed by atoms with Crippen LogP contribution >= 0.6 is 0 Å². The number of fused-ring (bicyclic) bond motifs is 6. The number of ether oxygens (including phenoxy) is 2. The number of likely N-dealkylation sites (N-methyl/N-ethyl adjacent to an activating group) is 1. The lowest BCUT2D eigenvalue weighted by molar-refractivity contribution is -0.159. The summed E-state index contributed by atoms with van der Waals surface area (Å²) in [6.07, 6.45) is 7.13. The Bertz CT molecular complexity index is 2860. The average molecular weight is 1040 g/mol. The smallest absolute Gasteiger partial charge is 0.298 e. The van der Waals surface area contributed by atoms with Crippen LogP contribution < -0.4 is 10.7 Å². The maximum absolute atomic E-state index is 15.2. The largest absolute Gasteiger partial charge is 0.378 e. The molecule has 3 N–H and O–H groups in total. The number of likely N-dealkylation sites (tertiary alicyclic amines) is 1. The van der Waals surface area contributed by atoms with Crippen molar-refractivity contribution < 1.29 is 38.6 Å². The van der Waals surface area contributed by atoms with E-state index >= 15 is 9.59 Å². The fraction of sp³-hybridized carbons (Fsp3) is 0.567. The monoisotopic (exact) mass is 1040 g/mol. The Hall–Kier alpha value is -5.96. The maximum atomic E-state index is 15.2. The molecule has 1 aliphatic carbocycles. The summed E-state index contributed by atoms with van der Waals surface area (Å²) >= 11 is 0. The van der Waals surface area contributed by atoms with Crippen LogP contribution in [0.15, 0.2) is 60.8 Å². The van der Waals surface area contributed by atoms with E-state index in [4.69, 9.17) is 14.5 Å². The molecule has 8 rings (SSSR count). The molecule has 3 aliphatic heterocycles. The average Bonchev–Trinajstić information content (AvgIpc) is 4.13. The third kappa shape index (κ3) is 11.8. The first-order valence-electron chi connectivity index (χ1n) is 27.3. The summed E-state index contributed by atoms with van der Waals surface area (Å²) in [5.41, 5.74) is 7.50. The van der Waals surface area contributed by atoms with Gasteiger partial charge in [-0.2, -0.15) is 0 Å². The molecular weight excluding hydrogens is 961 g/mol. The molecule has 7 atom stereocenters. The Labute approximate surface area is 449 Å². The van der Waals surface area contributed by atoms with Crippen LogP contribution in [0.3, 0.4) is 0 Å². The highest BCUT2D eigenvalue weighted by Gasteiger charge is 2.53. The Balaban J connectivity index is 1.16. The van der Waals surface area contributed by atoms with Gasteiger partial charge in [0.05, 0.1) is 37.3 Å². The third-order valence-corrected chi connectivity index (χ3v) is 16.3. The number of benzene rings is 2. The van der Waals surface area contributed by atoms with E-state index in [9.17, 15) is 19.5 Å². The van der Waals surface area contributed by atoms with Gasteiger partial charge in [-0.3, -0.25) is 29.2 Å². The molecule has 2 unspecified atom stereocenters. The fourth-order valence-electron chi connectivity index (χ4n) is 12.3. The van der Waals surface area contributed by atoms with Gasteiger partial charge < -0.3 is 44.0 Å². The molecule has 16 heteroatoms. The zero-order valence-electron chi connectivity index (χ0n) is 46.4. The quantitative estimate of drug-likeness (QED) is 0.109. The molecule has 1 saturated carbocycles. The second kappa shape index (κ2) is 23.3. The first-order chi connectivity index (χ1) is 36.2. The molecule has 0 radical (unpaired) electrons. The summed E-state index contributed by atoms with van der Waals surface area (Å²) in [7, 11) is 7.11. The summed E-state index contributed by atoms with van der Waals surface area (Å²) in [5.74, 6) is 2.69. The molecule has 5 heterocycles. The van der Waals surface area contributed by atoms with Gasteiger partial charge in [0.25, 0.3) is 17.7 Å². The lowest BCUT2D eigenvalue weighted by Crippen LogP contribution is -2.67. The molecule has 3 fully saturated rings. The van der Waals surface area contributed by atoms with E-state index < -0.39 is 58.2 Å². The van der Waals surface area contributed by atoms with Crippen molar-refractivity contribution in [3.63, 3.8) is 0 Å². The lowest BCUT2D eigenvalue weighted by atomic mass is 9.84. The maximum Gasteiger partial charge on any atom is 0.298 e. The number of β-amino-alcohol motifs (C(OH)–C–C–N with tert-alkyl or cyclic N) is 1. The number of rotatable bonds is 12. The van der Waals surface area contributed by atoms with Gasteiger partial charge in [-0.15, -0.1) is 0 Å². The van der Waals surface area contributed by atoms with Crippen molar-refractivity contribution >= 4 is 40.8 Å². The van der Waals surface area contributed by atoms with Crippen LogP contribution in [0.2, 0.25) is 0 Å². The van der Waals surface area contributed by atoms with Crippen molar-refractivity contribution in [1.82, 2.24) is 40.0 Å².